The fourth-order valence-corrected chi connectivity index (χ4v) is 3.78. The van der Waals surface area contributed by atoms with Gasteiger partial charge in [-0.05, 0) is 43.5 Å². The molecule has 1 atom stereocenters. The fourth-order valence-electron chi connectivity index (χ4n) is 2.60. The van der Waals surface area contributed by atoms with Gasteiger partial charge < -0.3 is 10.2 Å². The number of rotatable bonds is 5. The number of hydrogen-bond acceptors (Lipinski definition) is 3. The maximum Gasteiger partial charge on any atom is 0.254 e. The first-order chi connectivity index (χ1) is 10.2. The van der Waals surface area contributed by atoms with Crippen molar-refractivity contribution in [2.45, 2.75) is 38.9 Å². The van der Waals surface area contributed by atoms with Gasteiger partial charge in [0, 0.05) is 41.9 Å². The Morgan fingerprint density at radius 3 is 2.90 bits per heavy atom. The maximum atomic E-state index is 12.7. The minimum atomic E-state index is 0.188. The summed E-state index contributed by atoms with van der Waals surface area (Å²) in [5.41, 5.74) is 3.01. The third-order valence-corrected chi connectivity index (χ3v) is 5.29. The van der Waals surface area contributed by atoms with Crippen LogP contribution in [-0.2, 0) is 0 Å². The molecule has 1 unspecified atom stereocenters. The molecule has 0 aliphatic carbocycles. The van der Waals surface area contributed by atoms with Crippen molar-refractivity contribution in [2.24, 2.45) is 0 Å². The zero-order valence-electron chi connectivity index (χ0n) is 13.3. The van der Waals surface area contributed by atoms with Crippen LogP contribution in [0, 0.1) is 6.92 Å². The summed E-state index contributed by atoms with van der Waals surface area (Å²) in [7, 11) is 0. The van der Waals surface area contributed by atoms with Crippen LogP contribution < -0.4 is 5.32 Å². The first kappa shape index (κ1) is 16.2. The Bertz CT molecular complexity index is 490. The molecule has 3 nitrogen and oxygen atoms in total. The van der Waals surface area contributed by atoms with Crippen LogP contribution in [0.1, 0.15) is 42.6 Å². The van der Waals surface area contributed by atoms with E-state index in [1.165, 1.54) is 0 Å². The first-order valence-electron chi connectivity index (χ1n) is 7.91. The lowest BCUT2D eigenvalue weighted by Gasteiger charge is -2.32. The summed E-state index contributed by atoms with van der Waals surface area (Å²) in [5, 5.41) is 3.96. The van der Waals surface area contributed by atoms with E-state index >= 15 is 0 Å². The number of amides is 1. The van der Waals surface area contributed by atoms with Gasteiger partial charge in [-0.2, -0.15) is 11.8 Å². The molecule has 1 aromatic carbocycles. The molecule has 0 bridgehead atoms. The largest absolute Gasteiger partial charge is 0.385 e. The lowest BCUT2D eigenvalue weighted by molar-refractivity contribution is 0.0760. The van der Waals surface area contributed by atoms with E-state index in [1.807, 2.05) is 35.7 Å². The summed E-state index contributed by atoms with van der Waals surface area (Å²) in [5.74, 6) is 1.24. The second-order valence-corrected chi connectivity index (χ2v) is 7.02. The summed E-state index contributed by atoms with van der Waals surface area (Å²) >= 11 is 1.99. The van der Waals surface area contributed by atoms with Crippen molar-refractivity contribution >= 4 is 23.4 Å². The summed E-state index contributed by atoms with van der Waals surface area (Å²) in [6.07, 6.45) is 2.23. The van der Waals surface area contributed by atoms with Gasteiger partial charge in [0.1, 0.15) is 0 Å². The molecule has 1 heterocycles. The van der Waals surface area contributed by atoms with Crippen LogP contribution in [0.15, 0.2) is 18.2 Å². The van der Waals surface area contributed by atoms with Gasteiger partial charge in [-0.25, -0.2) is 0 Å². The molecule has 116 valence electrons. The standard InChI is InChI=1S/C17H26N2OS/c1-4-8-18-14-6-7-16(13(3)11-14)17(20)19-9-10-21-15(5-2)12-19/h6-7,11,15,18H,4-5,8-10,12H2,1-3H3. The molecule has 1 fully saturated rings. The van der Waals surface area contributed by atoms with Crippen LogP contribution in [0.5, 0.6) is 0 Å². The highest BCUT2D eigenvalue weighted by molar-refractivity contribution is 8.00. The summed E-state index contributed by atoms with van der Waals surface area (Å²) in [4.78, 5) is 14.7. The molecule has 1 aliphatic heterocycles. The van der Waals surface area contributed by atoms with Crippen LogP contribution in [0.3, 0.4) is 0 Å². The average molecular weight is 306 g/mol. The minimum absolute atomic E-state index is 0.188. The van der Waals surface area contributed by atoms with Gasteiger partial charge in [-0.15, -0.1) is 0 Å². The number of hydrogen-bond donors (Lipinski definition) is 1. The van der Waals surface area contributed by atoms with Crippen LogP contribution in [-0.4, -0.2) is 41.4 Å². The molecule has 0 radical (unpaired) electrons. The number of carbonyl (C=O) groups is 1. The van der Waals surface area contributed by atoms with Gasteiger partial charge in [0.05, 0.1) is 0 Å². The quantitative estimate of drug-likeness (QED) is 0.898. The molecular weight excluding hydrogens is 280 g/mol. The van der Waals surface area contributed by atoms with Gasteiger partial charge in [-0.1, -0.05) is 13.8 Å². The molecule has 21 heavy (non-hydrogen) atoms. The highest BCUT2D eigenvalue weighted by Gasteiger charge is 2.24. The lowest BCUT2D eigenvalue weighted by atomic mass is 10.1. The second-order valence-electron chi connectivity index (χ2n) is 5.61. The zero-order valence-corrected chi connectivity index (χ0v) is 14.1. The number of nitrogens with zero attached hydrogens (tertiary/aromatic N) is 1. The van der Waals surface area contributed by atoms with E-state index in [4.69, 9.17) is 0 Å². The number of benzene rings is 1. The summed E-state index contributed by atoms with van der Waals surface area (Å²) < 4.78 is 0. The van der Waals surface area contributed by atoms with Gasteiger partial charge >= 0.3 is 0 Å². The Labute approximate surface area is 132 Å². The van der Waals surface area contributed by atoms with Crippen molar-refractivity contribution < 1.29 is 4.79 Å². The second kappa shape index (κ2) is 7.74. The number of thioether (sulfide) groups is 1. The van der Waals surface area contributed by atoms with Crippen molar-refractivity contribution in [1.82, 2.24) is 4.90 Å². The Hall–Kier alpha value is -1.16. The minimum Gasteiger partial charge on any atom is -0.385 e. The summed E-state index contributed by atoms with van der Waals surface area (Å²) in [6.45, 7) is 9.10. The molecule has 4 heteroatoms. The predicted molar refractivity (Wildman–Crippen MR) is 92.4 cm³/mol. The molecular formula is C17H26N2OS. The smallest absolute Gasteiger partial charge is 0.254 e. The van der Waals surface area contributed by atoms with E-state index in [0.29, 0.717) is 5.25 Å². The number of carbonyl (C=O) groups excluding carboxylic acids is 1. The molecule has 0 aromatic heterocycles. The monoisotopic (exact) mass is 306 g/mol. The van der Waals surface area contributed by atoms with Crippen LogP contribution in [0.4, 0.5) is 5.69 Å². The molecule has 1 aromatic rings. The third-order valence-electron chi connectivity index (χ3n) is 3.92. The molecule has 1 amide bonds. The lowest BCUT2D eigenvalue weighted by Crippen LogP contribution is -2.42. The van der Waals surface area contributed by atoms with E-state index in [0.717, 1.165) is 55.0 Å². The van der Waals surface area contributed by atoms with E-state index in [2.05, 4.69) is 25.2 Å². The van der Waals surface area contributed by atoms with Crippen LogP contribution in [0.25, 0.3) is 0 Å². The van der Waals surface area contributed by atoms with Crippen molar-refractivity contribution in [3.05, 3.63) is 29.3 Å². The number of nitrogens with one attached hydrogen (secondary N) is 1. The van der Waals surface area contributed by atoms with Gasteiger partial charge in [0.2, 0.25) is 0 Å². The molecule has 1 N–H and O–H groups in total. The molecule has 1 saturated heterocycles. The van der Waals surface area contributed by atoms with E-state index in [1.54, 1.807) is 0 Å². The molecule has 1 aliphatic rings. The van der Waals surface area contributed by atoms with E-state index < -0.39 is 0 Å². The fraction of sp³-hybridized carbons (Fsp3) is 0.588. The van der Waals surface area contributed by atoms with Gasteiger partial charge in [0.15, 0.2) is 0 Å². The van der Waals surface area contributed by atoms with Crippen LogP contribution in [0.2, 0.25) is 0 Å². The Morgan fingerprint density at radius 2 is 2.24 bits per heavy atom. The average Bonchev–Trinajstić information content (AvgIpc) is 2.52. The molecule has 0 saturated carbocycles. The predicted octanol–water partition coefficient (Wildman–Crippen LogP) is 3.78. The summed E-state index contributed by atoms with van der Waals surface area (Å²) in [6, 6.07) is 6.07. The topological polar surface area (TPSA) is 32.3 Å². The number of aryl methyl sites for hydroxylation is 1. The third kappa shape index (κ3) is 4.16. The SMILES string of the molecule is CCCNc1ccc(C(=O)N2CCSC(CC)C2)c(C)c1. The first-order valence-corrected chi connectivity index (χ1v) is 8.96. The normalized spacial score (nSPS) is 18.6. The Kier molecular flexibility index (Phi) is 5.97. The van der Waals surface area contributed by atoms with Gasteiger partial charge in [0.25, 0.3) is 5.91 Å². The maximum absolute atomic E-state index is 12.7. The van der Waals surface area contributed by atoms with Crippen molar-refractivity contribution in [1.29, 1.82) is 0 Å². The van der Waals surface area contributed by atoms with Crippen molar-refractivity contribution in [2.75, 3.05) is 30.7 Å². The molecule has 0 spiro atoms. The highest BCUT2D eigenvalue weighted by atomic mass is 32.2. The van der Waals surface area contributed by atoms with E-state index in [9.17, 15) is 4.79 Å². The highest BCUT2D eigenvalue weighted by Crippen LogP contribution is 2.24. The zero-order chi connectivity index (χ0) is 15.2. The van der Waals surface area contributed by atoms with Crippen LogP contribution >= 0.6 is 11.8 Å². The molecule has 2 rings (SSSR count). The Morgan fingerprint density at radius 1 is 1.43 bits per heavy atom. The number of anilines is 1. The van der Waals surface area contributed by atoms with Crippen molar-refractivity contribution in [3.8, 4) is 0 Å². The van der Waals surface area contributed by atoms with E-state index in [-0.39, 0.29) is 5.91 Å². The Balaban J connectivity index is 2.08. The van der Waals surface area contributed by atoms with Crippen molar-refractivity contribution in [3.63, 3.8) is 0 Å². The van der Waals surface area contributed by atoms with Gasteiger partial charge in [-0.3, -0.25) is 4.79 Å².